The Morgan fingerprint density at radius 3 is 2.30 bits per heavy atom. The summed E-state index contributed by atoms with van der Waals surface area (Å²) in [7, 11) is 1.52. The molecule has 0 radical (unpaired) electrons. The van der Waals surface area contributed by atoms with Crippen LogP contribution in [0.2, 0.25) is 0 Å². The minimum Gasteiger partial charge on any atom is -0.463 e. The van der Waals surface area contributed by atoms with E-state index in [1.807, 2.05) is 0 Å². The molecule has 0 aromatic carbocycles. The van der Waals surface area contributed by atoms with Crippen molar-refractivity contribution in [2.45, 2.75) is 25.9 Å². The van der Waals surface area contributed by atoms with E-state index >= 15 is 0 Å². The van der Waals surface area contributed by atoms with Gasteiger partial charge in [0, 0.05) is 26.9 Å². The fourth-order valence-corrected chi connectivity index (χ4v) is 1.20. The molecule has 8 heteroatoms. The van der Waals surface area contributed by atoms with E-state index in [1.165, 1.54) is 18.9 Å². The van der Waals surface area contributed by atoms with Crippen LogP contribution in [0.15, 0.2) is 0 Å². The highest BCUT2D eigenvalue weighted by Gasteiger charge is 2.14. The molecular formula is C12H21NO7. The third-order valence-corrected chi connectivity index (χ3v) is 2.32. The minimum atomic E-state index is -1.09. The molecule has 1 atom stereocenters. The molecule has 0 aliphatic rings. The summed E-state index contributed by atoms with van der Waals surface area (Å²) in [4.78, 5) is 34.6. The molecule has 0 heterocycles. The Kier molecular flexibility index (Phi) is 9.31. The van der Waals surface area contributed by atoms with E-state index in [-0.39, 0.29) is 45.1 Å². The summed E-state index contributed by atoms with van der Waals surface area (Å²) in [5, 5.41) is 18.0. The van der Waals surface area contributed by atoms with Crippen molar-refractivity contribution in [3.63, 3.8) is 0 Å². The minimum absolute atomic E-state index is 0.0324. The molecule has 20 heavy (non-hydrogen) atoms. The molecule has 0 aliphatic heterocycles. The summed E-state index contributed by atoms with van der Waals surface area (Å²) < 4.78 is 9.25. The smallest absolute Gasteiger partial charge is 0.306 e. The van der Waals surface area contributed by atoms with Crippen LogP contribution >= 0.6 is 0 Å². The van der Waals surface area contributed by atoms with Crippen molar-refractivity contribution in [2.75, 3.05) is 33.4 Å². The normalized spacial score (nSPS) is 11.6. The van der Waals surface area contributed by atoms with Gasteiger partial charge in [-0.15, -0.1) is 0 Å². The van der Waals surface area contributed by atoms with Gasteiger partial charge in [-0.3, -0.25) is 14.4 Å². The second kappa shape index (κ2) is 10.2. The molecular weight excluding hydrogens is 270 g/mol. The zero-order valence-corrected chi connectivity index (χ0v) is 11.7. The zero-order chi connectivity index (χ0) is 15.5. The van der Waals surface area contributed by atoms with Gasteiger partial charge in [0.15, 0.2) is 0 Å². The van der Waals surface area contributed by atoms with Crippen LogP contribution in [0.25, 0.3) is 0 Å². The lowest BCUT2D eigenvalue weighted by molar-refractivity contribution is -0.152. The molecule has 0 aromatic heterocycles. The molecule has 0 spiro atoms. The number of likely N-dealkylation sites (N-methyl/N-ethyl adjacent to an activating group) is 1. The number of rotatable bonds is 9. The Morgan fingerprint density at radius 1 is 1.15 bits per heavy atom. The number of aliphatic hydroxyl groups is 2. The average molecular weight is 291 g/mol. The van der Waals surface area contributed by atoms with Crippen LogP contribution in [0, 0.1) is 0 Å². The molecule has 1 amide bonds. The van der Waals surface area contributed by atoms with Gasteiger partial charge in [0.05, 0.1) is 13.0 Å². The monoisotopic (exact) mass is 291 g/mol. The first-order valence-corrected chi connectivity index (χ1v) is 6.18. The second-order valence-corrected chi connectivity index (χ2v) is 4.18. The lowest BCUT2D eigenvalue weighted by atomic mass is 10.3. The molecule has 8 nitrogen and oxygen atoms in total. The predicted octanol–water partition coefficient (Wildman–Crippen LogP) is -1.32. The molecule has 116 valence electrons. The van der Waals surface area contributed by atoms with Crippen LogP contribution in [0.4, 0.5) is 0 Å². The summed E-state index contributed by atoms with van der Waals surface area (Å²) in [5.74, 6) is -1.44. The molecule has 2 N–H and O–H groups in total. The van der Waals surface area contributed by atoms with Crippen molar-refractivity contribution < 1.29 is 34.1 Å². The van der Waals surface area contributed by atoms with Gasteiger partial charge in [-0.2, -0.15) is 0 Å². The van der Waals surface area contributed by atoms with Gasteiger partial charge in [-0.05, 0) is 0 Å². The SMILES string of the molecule is CC(=O)OCC(O)COC(=O)CCC(=O)N(C)CCO. The van der Waals surface area contributed by atoms with E-state index in [0.29, 0.717) is 0 Å². The number of ether oxygens (including phenoxy) is 2. The predicted molar refractivity (Wildman–Crippen MR) is 67.6 cm³/mol. The van der Waals surface area contributed by atoms with E-state index in [0.717, 1.165) is 0 Å². The number of hydrogen-bond acceptors (Lipinski definition) is 7. The summed E-state index contributed by atoms with van der Waals surface area (Å²) in [5.41, 5.74) is 0. The number of carbonyl (C=O) groups excluding carboxylic acids is 3. The van der Waals surface area contributed by atoms with Crippen LogP contribution in [0.3, 0.4) is 0 Å². The van der Waals surface area contributed by atoms with Gasteiger partial charge in [0.2, 0.25) is 5.91 Å². The quantitative estimate of drug-likeness (QED) is 0.507. The molecule has 0 saturated heterocycles. The Bertz CT molecular complexity index is 332. The molecule has 1 unspecified atom stereocenters. The first-order valence-electron chi connectivity index (χ1n) is 6.18. The molecule has 0 fully saturated rings. The third-order valence-electron chi connectivity index (χ3n) is 2.32. The van der Waals surface area contributed by atoms with Crippen molar-refractivity contribution in [3.05, 3.63) is 0 Å². The van der Waals surface area contributed by atoms with E-state index in [2.05, 4.69) is 4.74 Å². The van der Waals surface area contributed by atoms with Crippen LogP contribution in [0.1, 0.15) is 19.8 Å². The van der Waals surface area contributed by atoms with Crippen LogP contribution in [0.5, 0.6) is 0 Å². The summed E-state index contributed by atoms with van der Waals surface area (Å²) in [6.07, 6.45) is -1.24. The van der Waals surface area contributed by atoms with E-state index in [4.69, 9.17) is 9.84 Å². The van der Waals surface area contributed by atoms with E-state index < -0.39 is 18.0 Å². The fourth-order valence-electron chi connectivity index (χ4n) is 1.20. The van der Waals surface area contributed by atoms with Crippen molar-refractivity contribution in [2.24, 2.45) is 0 Å². The molecule has 0 bridgehead atoms. The Labute approximate surface area is 117 Å². The van der Waals surface area contributed by atoms with Crippen molar-refractivity contribution in [1.29, 1.82) is 0 Å². The van der Waals surface area contributed by atoms with Crippen LogP contribution < -0.4 is 0 Å². The molecule has 0 aromatic rings. The summed E-state index contributed by atoms with van der Waals surface area (Å²) in [6.45, 7) is 0.713. The Hall–Kier alpha value is -1.67. The standard InChI is InChI=1S/C12H21NO7/c1-9(15)19-7-10(16)8-20-12(18)4-3-11(17)13(2)5-6-14/h10,14,16H,3-8H2,1-2H3. The average Bonchev–Trinajstić information content (AvgIpc) is 2.40. The van der Waals surface area contributed by atoms with Gasteiger partial charge in [0.25, 0.3) is 0 Å². The number of carbonyl (C=O) groups is 3. The van der Waals surface area contributed by atoms with Gasteiger partial charge in [-0.25, -0.2) is 0 Å². The number of hydrogen-bond donors (Lipinski definition) is 2. The second-order valence-electron chi connectivity index (χ2n) is 4.18. The van der Waals surface area contributed by atoms with Crippen molar-refractivity contribution in [3.8, 4) is 0 Å². The number of nitrogens with zero attached hydrogens (tertiary/aromatic N) is 1. The van der Waals surface area contributed by atoms with E-state index in [9.17, 15) is 19.5 Å². The van der Waals surface area contributed by atoms with Crippen LogP contribution in [-0.2, 0) is 23.9 Å². The van der Waals surface area contributed by atoms with Gasteiger partial charge in [0.1, 0.15) is 19.3 Å². The van der Waals surface area contributed by atoms with Gasteiger partial charge < -0.3 is 24.6 Å². The lowest BCUT2D eigenvalue weighted by Gasteiger charge is -2.15. The maximum atomic E-state index is 11.5. The Morgan fingerprint density at radius 2 is 1.75 bits per heavy atom. The number of amides is 1. The lowest BCUT2D eigenvalue weighted by Crippen LogP contribution is -2.30. The first-order chi connectivity index (χ1) is 9.36. The maximum absolute atomic E-state index is 11.5. The Balaban J connectivity index is 3.78. The van der Waals surface area contributed by atoms with Crippen LogP contribution in [-0.4, -0.2) is 72.5 Å². The molecule has 0 aliphatic carbocycles. The highest BCUT2D eigenvalue weighted by molar-refractivity contribution is 5.81. The first kappa shape index (κ1) is 18.3. The topological polar surface area (TPSA) is 113 Å². The van der Waals surface area contributed by atoms with Gasteiger partial charge >= 0.3 is 11.9 Å². The highest BCUT2D eigenvalue weighted by Crippen LogP contribution is 1.99. The molecule has 0 saturated carbocycles. The summed E-state index contributed by atoms with van der Waals surface area (Å²) in [6, 6.07) is 0. The maximum Gasteiger partial charge on any atom is 0.306 e. The largest absolute Gasteiger partial charge is 0.463 e. The van der Waals surface area contributed by atoms with Crippen molar-refractivity contribution >= 4 is 17.8 Å². The van der Waals surface area contributed by atoms with Crippen molar-refractivity contribution in [1.82, 2.24) is 4.90 Å². The third kappa shape index (κ3) is 9.29. The van der Waals surface area contributed by atoms with Gasteiger partial charge in [-0.1, -0.05) is 0 Å². The van der Waals surface area contributed by atoms with E-state index in [1.54, 1.807) is 0 Å². The fraction of sp³-hybridized carbons (Fsp3) is 0.750. The number of esters is 2. The summed E-state index contributed by atoms with van der Waals surface area (Å²) >= 11 is 0. The zero-order valence-electron chi connectivity index (χ0n) is 11.7. The molecule has 0 rings (SSSR count). The highest BCUT2D eigenvalue weighted by atomic mass is 16.6. The number of aliphatic hydroxyl groups excluding tert-OH is 2.